The van der Waals surface area contributed by atoms with Crippen molar-refractivity contribution in [3.8, 4) is 5.75 Å². The molecule has 0 unspecified atom stereocenters. The largest absolute Gasteiger partial charge is 0.507 e. The molecule has 3 N–H and O–H groups in total. The van der Waals surface area contributed by atoms with Gasteiger partial charge in [-0.1, -0.05) is 30.8 Å². The molecular formula is C19H22N2O4. The average molecular weight is 342 g/mol. The third kappa shape index (κ3) is 5.24. The second-order valence-electron chi connectivity index (χ2n) is 5.68. The van der Waals surface area contributed by atoms with E-state index in [0.29, 0.717) is 42.6 Å². The molecule has 2 rings (SSSR count). The fraction of sp³-hybridized carbons (Fsp3) is 0.263. The zero-order valence-electron chi connectivity index (χ0n) is 14.2. The molecule has 0 saturated carbocycles. The van der Waals surface area contributed by atoms with Gasteiger partial charge in [0.2, 0.25) is 0 Å². The van der Waals surface area contributed by atoms with Gasteiger partial charge in [0.15, 0.2) is 0 Å². The van der Waals surface area contributed by atoms with Crippen LogP contribution >= 0.6 is 0 Å². The minimum atomic E-state index is -0.398. The van der Waals surface area contributed by atoms with Crippen molar-refractivity contribution in [2.75, 3.05) is 18.5 Å². The Labute approximate surface area is 146 Å². The number of rotatable bonds is 7. The number of urea groups is 1. The molecule has 25 heavy (non-hydrogen) atoms. The number of hydrogen-bond donors (Lipinski definition) is 3. The summed E-state index contributed by atoms with van der Waals surface area (Å²) >= 11 is 0. The number of hydrogen-bond acceptors (Lipinski definition) is 4. The van der Waals surface area contributed by atoms with Crippen molar-refractivity contribution in [1.29, 1.82) is 0 Å². The van der Waals surface area contributed by atoms with E-state index in [4.69, 9.17) is 4.74 Å². The van der Waals surface area contributed by atoms with E-state index in [0.717, 1.165) is 5.39 Å². The first-order valence-corrected chi connectivity index (χ1v) is 8.07. The first-order valence-electron chi connectivity index (χ1n) is 8.07. The van der Waals surface area contributed by atoms with E-state index in [1.165, 1.54) is 0 Å². The molecule has 2 aromatic carbocycles. The molecule has 0 aliphatic carbocycles. The van der Waals surface area contributed by atoms with E-state index in [1.807, 2.05) is 6.07 Å². The lowest BCUT2D eigenvalue weighted by molar-refractivity contribution is -0.139. The number of amides is 2. The highest BCUT2D eigenvalue weighted by Gasteiger charge is 2.07. The third-order valence-corrected chi connectivity index (χ3v) is 3.59. The number of esters is 1. The lowest BCUT2D eigenvalue weighted by atomic mass is 10.1. The Balaban J connectivity index is 1.77. The summed E-state index contributed by atoms with van der Waals surface area (Å²) in [5.74, 6) is -0.226. The standard InChI is InChI=1S/C19H22N2O4/c1-13(2)18(23)25-12-4-3-11-20-19(24)21-16-9-5-8-15-14(16)7-6-10-17(15)22/h5-10,22H,1,3-4,11-12H2,2H3,(H2,20,21,24). The fourth-order valence-electron chi connectivity index (χ4n) is 2.29. The van der Waals surface area contributed by atoms with Crippen LogP contribution in [0.1, 0.15) is 19.8 Å². The van der Waals surface area contributed by atoms with Crippen LogP contribution in [0.25, 0.3) is 10.8 Å². The number of phenolic OH excluding ortho intramolecular Hbond substituents is 1. The number of ether oxygens (including phenoxy) is 1. The lowest BCUT2D eigenvalue weighted by Gasteiger charge is -2.11. The number of phenols is 1. The van der Waals surface area contributed by atoms with Crippen molar-refractivity contribution < 1.29 is 19.4 Å². The Hall–Kier alpha value is -3.02. The van der Waals surface area contributed by atoms with Crippen molar-refractivity contribution in [3.63, 3.8) is 0 Å². The van der Waals surface area contributed by atoms with Gasteiger partial charge in [0, 0.05) is 22.9 Å². The topological polar surface area (TPSA) is 87.7 Å². The number of nitrogens with one attached hydrogen (secondary N) is 2. The van der Waals surface area contributed by atoms with Crippen LogP contribution in [0.4, 0.5) is 10.5 Å². The summed E-state index contributed by atoms with van der Waals surface area (Å²) in [7, 11) is 0. The predicted octanol–water partition coefficient (Wildman–Crippen LogP) is 3.57. The molecule has 2 amide bonds. The Morgan fingerprint density at radius 1 is 1.12 bits per heavy atom. The molecule has 0 spiro atoms. The molecule has 0 aromatic heterocycles. The first kappa shape index (κ1) is 18.3. The van der Waals surface area contributed by atoms with Crippen molar-refractivity contribution in [1.82, 2.24) is 5.32 Å². The summed E-state index contributed by atoms with van der Waals surface area (Å²) in [5.41, 5.74) is 1.000. The van der Waals surface area contributed by atoms with E-state index in [2.05, 4.69) is 17.2 Å². The number of unbranched alkanes of at least 4 members (excludes halogenated alkanes) is 1. The van der Waals surface area contributed by atoms with Crippen LogP contribution in [0, 0.1) is 0 Å². The molecule has 6 heteroatoms. The van der Waals surface area contributed by atoms with Gasteiger partial charge in [0.05, 0.1) is 12.3 Å². The van der Waals surface area contributed by atoms with Gasteiger partial charge in [0.25, 0.3) is 0 Å². The Bertz CT molecular complexity index is 786. The van der Waals surface area contributed by atoms with Gasteiger partial charge in [-0.05, 0) is 31.9 Å². The molecule has 2 aromatic rings. The molecule has 0 radical (unpaired) electrons. The molecule has 0 heterocycles. The number of carbonyl (C=O) groups excluding carboxylic acids is 2. The summed E-state index contributed by atoms with van der Waals surface area (Å²) in [6, 6.07) is 10.2. The summed E-state index contributed by atoms with van der Waals surface area (Å²) < 4.78 is 4.98. The number of aromatic hydroxyl groups is 1. The maximum Gasteiger partial charge on any atom is 0.333 e. The zero-order valence-corrected chi connectivity index (χ0v) is 14.2. The zero-order chi connectivity index (χ0) is 18.2. The second-order valence-corrected chi connectivity index (χ2v) is 5.68. The molecule has 6 nitrogen and oxygen atoms in total. The Morgan fingerprint density at radius 3 is 2.60 bits per heavy atom. The predicted molar refractivity (Wildman–Crippen MR) is 97.6 cm³/mol. The van der Waals surface area contributed by atoms with Crippen LogP contribution in [-0.4, -0.2) is 30.3 Å². The minimum absolute atomic E-state index is 0.172. The quantitative estimate of drug-likeness (QED) is 0.408. The normalized spacial score (nSPS) is 10.3. The van der Waals surface area contributed by atoms with Gasteiger partial charge >= 0.3 is 12.0 Å². The van der Waals surface area contributed by atoms with E-state index in [-0.39, 0.29) is 11.8 Å². The third-order valence-electron chi connectivity index (χ3n) is 3.59. The highest BCUT2D eigenvalue weighted by molar-refractivity contribution is 6.03. The maximum absolute atomic E-state index is 12.0. The molecule has 132 valence electrons. The number of benzene rings is 2. The van der Waals surface area contributed by atoms with Gasteiger partial charge in [0.1, 0.15) is 5.75 Å². The van der Waals surface area contributed by atoms with E-state index in [1.54, 1.807) is 37.3 Å². The highest BCUT2D eigenvalue weighted by atomic mass is 16.5. The first-order chi connectivity index (χ1) is 12.0. The summed E-state index contributed by atoms with van der Waals surface area (Å²) in [6.45, 7) is 5.87. The van der Waals surface area contributed by atoms with Crippen molar-refractivity contribution in [2.45, 2.75) is 19.8 Å². The second kappa shape index (κ2) is 8.73. The number of carbonyl (C=O) groups is 2. The smallest absolute Gasteiger partial charge is 0.333 e. The van der Waals surface area contributed by atoms with E-state index in [9.17, 15) is 14.7 Å². The number of fused-ring (bicyclic) bond motifs is 1. The molecular weight excluding hydrogens is 320 g/mol. The molecule has 0 atom stereocenters. The molecule has 0 fully saturated rings. The fourth-order valence-corrected chi connectivity index (χ4v) is 2.29. The highest BCUT2D eigenvalue weighted by Crippen LogP contribution is 2.29. The van der Waals surface area contributed by atoms with Crippen molar-refractivity contribution in [3.05, 3.63) is 48.6 Å². The Morgan fingerprint density at radius 2 is 1.84 bits per heavy atom. The number of anilines is 1. The minimum Gasteiger partial charge on any atom is -0.507 e. The van der Waals surface area contributed by atoms with Crippen LogP contribution < -0.4 is 10.6 Å². The van der Waals surface area contributed by atoms with Crippen LogP contribution in [0.5, 0.6) is 5.75 Å². The van der Waals surface area contributed by atoms with Gasteiger partial charge in [-0.15, -0.1) is 0 Å². The molecule has 0 aliphatic rings. The van der Waals surface area contributed by atoms with Gasteiger partial charge in [-0.3, -0.25) is 0 Å². The van der Waals surface area contributed by atoms with Gasteiger partial charge in [-0.2, -0.15) is 0 Å². The maximum atomic E-state index is 12.0. The van der Waals surface area contributed by atoms with Crippen molar-refractivity contribution >= 4 is 28.5 Å². The van der Waals surface area contributed by atoms with Crippen LogP contribution in [-0.2, 0) is 9.53 Å². The van der Waals surface area contributed by atoms with Gasteiger partial charge in [-0.25, -0.2) is 9.59 Å². The molecule has 0 bridgehead atoms. The monoisotopic (exact) mass is 342 g/mol. The molecule has 0 saturated heterocycles. The summed E-state index contributed by atoms with van der Waals surface area (Å²) in [4.78, 5) is 23.2. The Kier molecular flexibility index (Phi) is 6.39. The van der Waals surface area contributed by atoms with Gasteiger partial charge < -0.3 is 20.5 Å². The summed E-state index contributed by atoms with van der Waals surface area (Å²) in [5, 5.41) is 16.8. The van der Waals surface area contributed by atoms with Crippen LogP contribution in [0.3, 0.4) is 0 Å². The van der Waals surface area contributed by atoms with Crippen LogP contribution in [0.2, 0.25) is 0 Å². The van der Waals surface area contributed by atoms with E-state index < -0.39 is 5.97 Å². The molecule has 0 aliphatic heterocycles. The SMILES string of the molecule is C=C(C)C(=O)OCCCCNC(=O)Nc1cccc2c(O)cccc12. The van der Waals surface area contributed by atoms with Crippen LogP contribution in [0.15, 0.2) is 48.6 Å². The van der Waals surface area contributed by atoms with Crippen molar-refractivity contribution in [2.24, 2.45) is 0 Å². The summed E-state index contributed by atoms with van der Waals surface area (Å²) in [6.07, 6.45) is 1.34. The average Bonchev–Trinajstić information content (AvgIpc) is 2.58. The van der Waals surface area contributed by atoms with E-state index >= 15 is 0 Å². The lowest BCUT2D eigenvalue weighted by Crippen LogP contribution is -2.29.